The molecule has 1 heterocycles. The SMILES string of the molecule is COc1ccc(CN2CCN(c3ccc(Cl)cc3)C(=O)C2)c(OC)c1. The van der Waals surface area contributed by atoms with Crippen LogP contribution in [0.1, 0.15) is 5.56 Å². The lowest BCUT2D eigenvalue weighted by molar-refractivity contribution is -0.121. The molecule has 2 aromatic rings. The first-order chi connectivity index (χ1) is 12.1. The van der Waals surface area contributed by atoms with Crippen LogP contribution in [0.15, 0.2) is 42.5 Å². The van der Waals surface area contributed by atoms with E-state index in [9.17, 15) is 4.79 Å². The molecule has 1 aliphatic rings. The minimum atomic E-state index is 0.0843. The smallest absolute Gasteiger partial charge is 0.241 e. The van der Waals surface area contributed by atoms with Crippen LogP contribution in [-0.2, 0) is 11.3 Å². The molecular formula is C19H21ClN2O3. The lowest BCUT2D eigenvalue weighted by Crippen LogP contribution is -2.50. The Labute approximate surface area is 152 Å². The molecule has 132 valence electrons. The van der Waals surface area contributed by atoms with Crippen molar-refractivity contribution in [2.24, 2.45) is 0 Å². The van der Waals surface area contributed by atoms with E-state index in [0.29, 0.717) is 24.7 Å². The van der Waals surface area contributed by atoms with Crippen LogP contribution >= 0.6 is 11.6 Å². The van der Waals surface area contributed by atoms with Gasteiger partial charge < -0.3 is 14.4 Å². The quantitative estimate of drug-likeness (QED) is 0.821. The Hall–Kier alpha value is -2.24. The van der Waals surface area contributed by atoms with E-state index < -0.39 is 0 Å². The van der Waals surface area contributed by atoms with E-state index in [1.165, 1.54) is 0 Å². The average molecular weight is 361 g/mol. The van der Waals surface area contributed by atoms with Gasteiger partial charge in [-0.25, -0.2) is 0 Å². The fourth-order valence-electron chi connectivity index (χ4n) is 2.97. The summed E-state index contributed by atoms with van der Waals surface area (Å²) in [6, 6.07) is 13.1. The lowest BCUT2D eigenvalue weighted by atomic mass is 10.1. The Kier molecular flexibility index (Phi) is 5.46. The molecule has 2 aromatic carbocycles. The summed E-state index contributed by atoms with van der Waals surface area (Å²) in [5.74, 6) is 1.61. The van der Waals surface area contributed by atoms with Gasteiger partial charge in [0.15, 0.2) is 0 Å². The number of anilines is 1. The van der Waals surface area contributed by atoms with Gasteiger partial charge in [-0.15, -0.1) is 0 Å². The first-order valence-corrected chi connectivity index (χ1v) is 8.47. The average Bonchev–Trinajstić information content (AvgIpc) is 2.63. The predicted molar refractivity (Wildman–Crippen MR) is 98.6 cm³/mol. The van der Waals surface area contributed by atoms with Gasteiger partial charge in [-0.1, -0.05) is 17.7 Å². The number of rotatable bonds is 5. The Morgan fingerprint density at radius 3 is 2.44 bits per heavy atom. The van der Waals surface area contributed by atoms with Crippen LogP contribution in [-0.4, -0.2) is 44.7 Å². The second kappa shape index (κ2) is 7.76. The van der Waals surface area contributed by atoms with Crippen LogP contribution in [0.3, 0.4) is 0 Å². The van der Waals surface area contributed by atoms with Gasteiger partial charge in [0.2, 0.25) is 5.91 Å². The molecule has 1 saturated heterocycles. The van der Waals surface area contributed by atoms with Crippen LogP contribution in [0.5, 0.6) is 11.5 Å². The van der Waals surface area contributed by atoms with Crippen molar-refractivity contribution in [2.75, 3.05) is 38.8 Å². The first-order valence-electron chi connectivity index (χ1n) is 8.10. The van der Waals surface area contributed by atoms with E-state index in [1.807, 2.05) is 30.3 Å². The van der Waals surface area contributed by atoms with Gasteiger partial charge in [0.1, 0.15) is 11.5 Å². The van der Waals surface area contributed by atoms with Crippen molar-refractivity contribution in [3.05, 3.63) is 53.1 Å². The molecule has 0 aromatic heterocycles. The number of halogens is 1. The molecule has 0 bridgehead atoms. The molecule has 0 radical (unpaired) electrons. The largest absolute Gasteiger partial charge is 0.497 e. The Morgan fingerprint density at radius 2 is 1.80 bits per heavy atom. The summed E-state index contributed by atoms with van der Waals surface area (Å²) in [5, 5.41) is 0.668. The summed E-state index contributed by atoms with van der Waals surface area (Å²) in [7, 11) is 3.27. The van der Waals surface area contributed by atoms with Gasteiger partial charge >= 0.3 is 0 Å². The molecule has 6 heteroatoms. The molecule has 1 amide bonds. The second-order valence-electron chi connectivity index (χ2n) is 5.91. The summed E-state index contributed by atoms with van der Waals surface area (Å²) in [6.07, 6.45) is 0. The number of nitrogens with zero attached hydrogens (tertiary/aromatic N) is 2. The number of amides is 1. The zero-order chi connectivity index (χ0) is 17.8. The van der Waals surface area contributed by atoms with Crippen molar-refractivity contribution >= 4 is 23.2 Å². The van der Waals surface area contributed by atoms with Crippen LogP contribution in [0.2, 0.25) is 5.02 Å². The van der Waals surface area contributed by atoms with Crippen molar-refractivity contribution in [1.29, 1.82) is 0 Å². The fraction of sp³-hybridized carbons (Fsp3) is 0.316. The highest BCUT2D eigenvalue weighted by Crippen LogP contribution is 2.27. The Balaban J connectivity index is 1.67. The molecule has 0 N–H and O–H groups in total. The predicted octanol–water partition coefficient (Wildman–Crippen LogP) is 3.21. The number of carbonyl (C=O) groups excluding carboxylic acids is 1. The molecule has 0 unspecified atom stereocenters. The molecule has 5 nitrogen and oxygen atoms in total. The van der Waals surface area contributed by atoms with Gasteiger partial charge in [-0.05, 0) is 30.3 Å². The van der Waals surface area contributed by atoms with E-state index in [4.69, 9.17) is 21.1 Å². The van der Waals surface area contributed by atoms with E-state index >= 15 is 0 Å². The number of hydrogen-bond acceptors (Lipinski definition) is 4. The summed E-state index contributed by atoms with van der Waals surface area (Å²) >= 11 is 5.92. The molecule has 1 aliphatic heterocycles. The molecule has 3 rings (SSSR count). The molecule has 0 saturated carbocycles. The number of benzene rings is 2. The number of methoxy groups -OCH3 is 2. The van der Waals surface area contributed by atoms with E-state index in [-0.39, 0.29) is 5.91 Å². The molecule has 0 aliphatic carbocycles. The fourth-order valence-corrected chi connectivity index (χ4v) is 3.10. The van der Waals surface area contributed by atoms with E-state index in [2.05, 4.69) is 4.90 Å². The van der Waals surface area contributed by atoms with Crippen molar-refractivity contribution in [2.45, 2.75) is 6.54 Å². The molecule has 0 spiro atoms. The van der Waals surface area contributed by atoms with Crippen molar-refractivity contribution in [3.63, 3.8) is 0 Å². The number of ether oxygens (including phenoxy) is 2. The van der Waals surface area contributed by atoms with Crippen LogP contribution < -0.4 is 14.4 Å². The normalized spacial score (nSPS) is 15.3. The lowest BCUT2D eigenvalue weighted by Gasteiger charge is -2.34. The number of carbonyl (C=O) groups is 1. The van der Waals surface area contributed by atoms with Crippen LogP contribution in [0.4, 0.5) is 5.69 Å². The van der Waals surface area contributed by atoms with Gasteiger partial charge in [0.05, 0.1) is 20.8 Å². The summed E-state index contributed by atoms with van der Waals surface area (Å²) < 4.78 is 10.7. The van der Waals surface area contributed by atoms with Gasteiger partial charge in [-0.2, -0.15) is 0 Å². The van der Waals surface area contributed by atoms with Gasteiger partial charge in [0.25, 0.3) is 0 Å². The molecular weight excluding hydrogens is 340 g/mol. The highest BCUT2D eigenvalue weighted by Gasteiger charge is 2.25. The molecule has 0 atom stereocenters. The van der Waals surface area contributed by atoms with E-state index in [0.717, 1.165) is 29.3 Å². The topological polar surface area (TPSA) is 42.0 Å². The summed E-state index contributed by atoms with van der Waals surface area (Å²) in [6.45, 7) is 2.48. The van der Waals surface area contributed by atoms with Gasteiger partial charge in [0, 0.05) is 42.0 Å². The monoisotopic (exact) mass is 360 g/mol. The van der Waals surface area contributed by atoms with Crippen molar-refractivity contribution in [1.82, 2.24) is 4.90 Å². The standard InChI is InChI=1S/C19H21ClN2O3/c1-24-17-8-3-14(18(11-17)25-2)12-21-9-10-22(19(23)13-21)16-6-4-15(20)5-7-16/h3-8,11H,9-10,12-13H2,1-2H3. The first kappa shape index (κ1) is 17.6. The third kappa shape index (κ3) is 4.06. The van der Waals surface area contributed by atoms with E-state index in [1.54, 1.807) is 31.3 Å². The Bertz CT molecular complexity index is 749. The van der Waals surface area contributed by atoms with Crippen molar-refractivity contribution < 1.29 is 14.3 Å². The van der Waals surface area contributed by atoms with Gasteiger partial charge in [-0.3, -0.25) is 9.69 Å². The minimum Gasteiger partial charge on any atom is -0.497 e. The van der Waals surface area contributed by atoms with Crippen molar-refractivity contribution in [3.8, 4) is 11.5 Å². The third-order valence-electron chi connectivity index (χ3n) is 4.33. The second-order valence-corrected chi connectivity index (χ2v) is 6.35. The zero-order valence-corrected chi connectivity index (χ0v) is 15.1. The maximum Gasteiger partial charge on any atom is 0.241 e. The maximum atomic E-state index is 12.5. The molecule has 25 heavy (non-hydrogen) atoms. The number of piperazine rings is 1. The summed E-state index contributed by atoms with van der Waals surface area (Å²) in [4.78, 5) is 16.5. The highest BCUT2D eigenvalue weighted by molar-refractivity contribution is 6.30. The third-order valence-corrected chi connectivity index (χ3v) is 4.58. The number of hydrogen-bond donors (Lipinski definition) is 0. The molecule has 1 fully saturated rings. The Morgan fingerprint density at radius 1 is 1.04 bits per heavy atom. The summed E-state index contributed by atoms with van der Waals surface area (Å²) in [5.41, 5.74) is 1.92. The zero-order valence-electron chi connectivity index (χ0n) is 14.4. The highest BCUT2D eigenvalue weighted by atomic mass is 35.5. The van der Waals surface area contributed by atoms with Crippen LogP contribution in [0, 0.1) is 0 Å². The van der Waals surface area contributed by atoms with Crippen LogP contribution in [0.25, 0.3) is 0 Å². The maximum absolute atomic E-state index is 12.5. The minimum absolute atomic E-state index is 0.0843.